The zero-order chi connectivity index (χ0) is 18.1. The third-order valence-electron chi connectivity index (χ3n) is 4.35. The van der Waals surface area contributed by atoms with Gasteiger partial charge in [0.1, 0.15) is 5.82 Å². The maximum absolute atomic E-state index is 11.9. The number of nitrogens with one attached hydrogen (secondary N) is 1. The van der Waals surface area contributed by atoms with Gasteiger partial charge in [-0.25, -0.2) is 4.98 Å². The summed E-state index contributed by atoms with van der Waals surface area (Å²) < 4.78 is 0. The quantitative estimate of drug-likeness (QED) is 0.870. The molecule has 26 heavy (non-hydrogen) atoms. The maximum atomic E-state index is 11.9. The number of ketones is 2. The highest BCUT2D eigenvalue weighted by Gasteiger charge is 2.22. The Labute approximate surface area is 155 Å². The summed E-state index contributed by atoms with van der Waals surface area (Å²) in [5, 5.41) is 0.585. The predicted molar refractivity (Wildman–Crippen MR) is 103 cm³/mol. The zero-order valence-electron chi connectivity index (χ0n) is 13.8. The van der Waals surface area contributed by atoms with Gasteiger partial charge in [-0.15, -0.1) is 0 Å². The van der Waals surface area contributed by atoms with Crippen LogP contribution in [-0.4, -0.2) is 21.5 Å². The van der Waals surface area contributed by atoms with Gasteiger partial charge < -0.3 is 4.98 Å². The lowest BCUT2D eigenvalue weighted by Gasteiger charge is -2.11. The summed E-state index contributed by atoms with van der Waals surface area (Å²) in [4.78, 5) is 31.7. The molecule has 0 radical (unpaired) electrons. The fraction of sp³-hybridized carbons (Fsp3) is 0.0952. The highest BCUT2D eigenvalue weighted by Crippen LogP contribution is 2.34. The number of hydrogen-bond acceptors (Lipinski definition) is 3. The van der Waals surface area contributed by atoms with Gasteiger partial charge in [-0.1, -0.05) is 48.0 Å². The Kier molecular flexibility index (Phi) is 4.27. The number of aromatic amines is 1. The van der Waals surface area contributed by atoms with Crippen LogP contribution < -0.4 is 0 Å². The van der Waals surface area contributed by atoms with Gasteiger partial charge >= 0.3 is 0 Å². The SMILES string of the molecule is O=C1C=CC=C(c2nc(-c3ccccc3Cl)[nH]c2C2=CC=CC(=O)C2)C1. The normalized spacial score (nSPS) is 16.7. The molecule has 4 nitrogen and oxygen atoms in total. The van der Waals surface area contributed by atoms with Crippen LogP contribution in [0, 0.1) is 0 Å². The smallest absolute Gasteiger partial charge is 0.160 e. The molecule has 2 aromatic rings. The van der Waals surface area contributed by atoms with E-state index in [0.717, 1.165) is 22.4 Å². The molecule has 0 aliphatic heterocycles. The molecule has 128 valence electrons. The van der Waals surface area contributed by atoms with Gasteiger partial charge in [0.05, 0.1) is 16.4 Å². The molecule has 0 amide bonds. The summed E-state index contributed by atoms with van der Waals surface area (Å²) in [7, 11) is 0. The van der Waals surface area contributed by atoms with Crippen molar-refractivity contribution < 1.29 is 9.59 Å². The summed E-state index contributed by atoms with van der Waals surface area (Å²) in [6.07, 6.45) is 10.9. The van der Waals surface area contributed by atoms with Gasteiger partial charge in [0, 0.05) is 18.4 Å². The molecular weight excluding hydrogens is 348 g/mol. The number of allylic oxidation sites excluding steroid dienone is 8. The third-order valence-corrected chi connectivity index (χ3v) is 4.68. The van der Waals surface area contributed by atoms with Crippen LogP contribution in [0.4, 0.5) is 0 Å². The standard InChI is InChI=1S/C21H15ClN2O2/c22-18-10-2-1-9-17(18)21-23-19(13-5-3-7-15(25)11-13)20(24-21)14-6-4-8-16(26)12-14/h1-10H,11-12H2,(H,23,24). The summed E-state index contributed by atoms with van der Waals surface area (Å²) >= 11 is 6.32. The number of rotatable bonds is 3. The van der Waals surface area contributed by atoms with E-state index < -0.39 is 0 Å². The summed E-state index contributed by atoms with van der Waals surface area (Å²) in [5.74, 6) is 0.687. The number of benzene rings is 1. The molecule has 0 bridgehead atoms. The molecule has 0 spiro atoms. The Bertz CT molecular complexity index is 979. The van der Waals surface area contributed by atoms with E-state index in [1.54, 1.807) is 30.4 Å². The Morgan fingerprint density at radius 3 is 2.27 bits per heavy atom. The second-order valence-corrected chi connectivity index (χ2v) is 6.58. The highest BCUT2D eigenvalue weighted by molar-refractivity contribution is 6.33. The van der Waals surface area contributed by atoms with Gasteiger partial charge in [0.2, 0.25) is 0 Å². The molecule has 0 saturated heterocycles. The topological polar surface area (TPSA) is 62.8 Å². The van der Waals surface area contributed by atoms with Crippen LogP contribution in [0.5, 0.6) is 0 Å². The average Bonchev–Trinajstić information content (AvgIpc) is 3.07. The molecule has 0 saturated carbocycles. The summed E-state index contributed by atoms with van der Waals surface area (Å²) in [6.45, 7) is 0. The minimum absolute atomic E-state index is 0.0318. The van der Waals surface area contributed by atoms with Crippen molar-refractivity contribution >= 4 is 34.3 Å². The number of aromatic nitrogens is 2. The average molecular weight is 363 g/mol. The molecule has 4 rings (SSSR count). The van der Waals surface area contributed by atoms with Crippen LogP contribution >= 0.6 is 11.6 Å². The molecule has 1 aromatic heterocycles. The van der Waals surface area contributed by atoms with E-state index in [1.165, 1.54) is 0 Å². The highest BCUT2D eigenvalue weighted by atomic mass is 35.5. The monoisotopic (exact) mass is 362 g/mol. The first-order valence-electron chi connectivity index (χ1n) is 8.27. The Balaban J connectivity index is 1.87. The second kappa shape index (κ2) is 6.73. The minimum Gasteiger partial charge on any atom is -0.338 e. The van der Waals surface area contributed by atoms with E-state index in [-0.39, 0.29) is 18.0 Å². The first-order valence-corrected chi connectivity index (χ1v) is 8.65. The zero-order valence-corrected chi connectivity index (χ0v) is 14.6. The molecule has 0 unspecified atom stereocenters. The molecule has 1 N–H and O–H groups in total. The molecule has 0 fully saturated rings. The van der Waals surface area contributed by atoms with Crippen molar-refractivity contribution in [2.75, 3.05) is 0 Å². The van der Waals surface area contributed by atoms with Crippen LogP contribution in [0.3, 0.4) is 0 Å². The lowest BCUT2D eigenvalue weighted by atomic mass is 9.94. The summed E-state index contributed by atoms with van der Waals surface area (Å²) in [6, 6.07) is 7.44. The van der Waals surface area contributed by atoms with Crippen molar-refractivity contribution in [3.8, 4) is 11.4 Å². The van der Waals surface area contributed by atoms with Crippen molar-refractivity contribution in [1.82, 2.24) is 9.97 Å². The lowest BCUT2D eigenvalue weighted by molar-refractivity contribution is -0.114. The maximum Gasteiger partial charge on any atom is 0.160 e. The van der Waals surface area contributed by atoms with E-state index in [2.05, 4.69) is 4.98 Å². The van der Waals surface area contributed by atoms with Crippen LogP contribution in [0.15, 0.2) is 60.7 Å². The fourth-order valence-electron chi connectivity index (χ4n) is 3.11. The third kappa shape index (κ3) is 3.11. The largest absolute Gasteiger partial charge is 0.338 e. The van der Waals surface area contributed by atoms with Crippen LogP contribution in [0.25, 0.3) is 22.5 Å². The van der Waals surface area contributed by atoms with Gasteiger partial charge in [0.15, 0.2) is 11.6 Å². The number of carbonyl (C=O) groups is 2. The lowest BCUT2D eigenvalue weighted by Crippen LogP contribution is -2.04. The van der Waals surface area contributed by atoms with E-state index in [0.29, 0.717) is 23.0 Å². The van der Waals surface area contributed by atoms with Crippen molar-refractivity contribution in [3.05, 3.63) is 77.1 Å². The molecule has 5 heteroatoms. The van der Waals surface area contributed by atoms with Crippen molar-refractivity contribution in [1.29, 1.82) is 0 Å². The molecule has 2 aliphatic rings. The van der Waals surface area contributed by atoms with Crippen LogP contribution in [0.1, 0.15) is 24.2 Å². The van der Waals surface area contributed by atoms with E-state index in [1.807, 2.05) is 30.4 Å². The Morgan fingerprint density at radius 2 is 1.58 bits per heavy atom. The number of nitrogens with zero attached hydrogens (tertiary/aromatic N) is 1. The van der Waals surface area contributed by atoms with Crippen molar-refractivity contribution in [2.45, 2.75) is 12.8 Å². The van der Waals surface area contributed by atoms with E-state index >= 15 is 0 Å². The number of imidazole rings is 1. The fourth-order valence-corrected chi connectivity index (χ4v) is 3.33. The Hall–Kier alpha value is -2.98. The van der Waals surface area contributed by atoms with Gasteiger partial charge in [-0.3, -0.25) is 9.59 Å². The van der Waals surface area contributed by atoms with Gasteiger partial charge in [-0.2, -0.15) is 0 Å². The number of hydrogen-bond donors (Lipinski definition) is 1. The first-order chi connectivity index (χ1) is 12.6. The van der Waals surface area contributed by atoms with Crippen molar-refractivity contribution in [2.24, 2.45) is 0 Å². The summed E-state index contributed by atoms with van der Waals surface area (Å²) in [5.41, 5.74) is 3.89. The van der Waals surface area contributed by atoms with E-state index in [9.17, 15) is 9.59 Å². The molecule has 0 atom stereocenters. The number of halogens is 1. The van der Waals surface area contributed by atoms with Gasteiger partial charge in [-0.05, 0) is 35.4 Å². The van der Waals surface area contributed by atoms with Gasteiger partial charge in [0.25, 0.3) is 0 Å². The second-order valence-electron chi connectivity index (χ2n) is 6.18. The van der Waals surface area contributed by atoms with Crippen LogP contribution in [-0.2, 0) is 9.59 Å². The number of H-pyrrole nitrogens is 1. The first kappa shape index (κ1) is 16.5. The molecule has 2 aliphatic carbocycles. The Morgan fingerprint density at radius 1 is 0.923 bits per heavy atom. The molecular formula is C21H15ClN2O2. The molecule has 1 aromatic carbocycles. The minimum atomic E-state index is 0.0318. The molecule has 1 heterocycles. The van der Waals surface area contributed by atoms with E-state index in [4.69, 9.17) is 16.6 Å². The number of carbonyl (C=O) groups excluding carboxylic acids is 2. The van der Waals surface area contributed by atoms with Crippen molar-refractivity contribution in [3.63, 3.8) is 0 Å². The predicted octanol–water partition coefficient (Wildman–Crippen LogP) is 4.55. The van der Waals surface area contributed by atoms with Crippen LogP contribution in [0.2, 0.25) is 5.02 Å².